The molecule has 8 nitrogen and oxygen atoms in total. The number of ether oxygens (including phenoxy) is 1. The molecule has 2 atom stereocenters. The molecule has 1 heterocycles. The van der Waals surface area contributed by atoms with Gasteiger partial charge < -0.3 is 25.6 Å². The summed E-state index contributed by atoms with van der Waals surface area (Å²) >= 11 is 0. The SMILES string of the molecule is CCOc1nc(NC(C)CO)nc(NC(C)CO)n1. The van der Waals surface area contributed by atoms with Crippen LogP contribution in [0.2, 0.25) is 0 Å². The number of aliphatic hydroxyl groups excluding tert-OH is 2. The topological polar surface area (TPSA) is 112 Å². The lowest BCUT2D eigenvalue weighted by molar-refractivity contribution is 0.279. The third kappa shape index (κ3) is 5.23. The number of rotatable bonds is 8. The van der Waals surface area contributed by atoms with Crippen LogP contribution in [0.3, 0.4) is 0 Å². The van der Waals surface area contributed by atoms with Gasteiger partial charge in [-0.15, -0.1) is 0 Å². The molecule has 0 amide bonds. The maximum absolute atomic E-state index is 9.01. The van der Waals surface area contributed by atoms with Gasteiger partial charge in [0, 0.05) is 12.1 Å². The molecule has 108 valence electrons. The number of aromatic nitrogens is 3. The molecule has 0 spiro atoms. The number of aliphatic hydroxyl groups is 2. The maximum Gasteiger partial charge on any atom is 0.323 e. The Morgan fingerprint density at radius 3 is 1.84 bits per heavy atom. The Balaban J connectivity index is 2.89. The van der Waals surface area contributed by atoms with Gasteiger partial charge in [0.15, 0.2) is 0 Å². The molecule has 0 aliphatic rings. The van der Waals surface area contributed by atoms with Gasteiger partial charge in [-0.05, 0) is 20.8 Å². The molecule has 19 heavy (non-hydrogen) atoms. The van der Waals surface area contributed by atoms with Crippen LogP contribution in [0.25, 0.3) is 0 Å². The van der Waals surface area contributed by atoms with Gasteiger partial charge in [0.25, 0.3) is 0 Å². The van der Waals surface area contributed by atoms with E-state index in [0.717, 1.165) is 0 Å². The number of nitrogens with zero attached hydrogens (tertiary/aromatic N) is 3. The number of anilines is 2. The van der Waals surface area contributed by atoms with Crippen molar-refractivity contribution >= 4 is 11.9 Å². The summed E-state index contributed by atoms with van der Waals surface area (Å²) in [6.45, 7) is 5.79. The molecule has 0 bridgehead atoms. The first-order valence-electron chi connectivity index (χ1n) is 6.22. The van der Waals surface area contributed by atoms with Crippen LogP contribution in [0.4, 0.5) is 11.9 Å². The van der Waals surface area contributed by atoms with E-state index >= 15 is 0 Å². The van der Waals surface area contributed by atoms with Crippen molar-refractivity contribution < 1.29 is 14.9 Å². The first kappa shape index (κ1) is 15.4. The molecular formula is C11H21N5O3. The summed E-state index contributed by atoms with van der Waals surface area (Å²) in [5, 5.41) is 23.9. The summed E-state index contributed by atoms with van der Waals surface area (Å²) in [6, 6.07) is -0.169. The van der Waals surface area contributed by atoms with Crippen molar-refractivity contribution in [3.8, 4) is 6.01 Å². The summed E-state index contributed by atoms with van der Waals surface area (Å²) in [7, 11) is 0. The normalized spacial score (nSPS) is 13.7. The van der Waals surface area contributed by atoms with Gasteiger partial charge in [0.2, 0.25) is 11.9 Å². The minimum absolute atomic E-state index is 0.0363. The molecule has 1 rings (SSSR count). The third-order valence-corrected chi connectivity index (χ3v) is 2.19. The Kier molecular flexibility index (Phi) is 6.23. The predicted octanol–water partition coefficient (Wildman–Crippen LogP) is -0.144. The molecule has 0 radical (unpaired) electrons. The summed E-state index contributed by atoms with van der Waals surface area (Å²) < 4.78 is 5.25. The smallest absolute Gasteiger partial charge is 0.323 e. The van der Waals surface area contributed by atoms with Crippen LogP contribution in [-0.4, -0.2) is 57.1 Å². The summed E-state index contributed by atoms with van der Waals surface area (Å²) in [5.74, 6) is 0.625. The van der Waals surface area contributed by atoms with Gasteiger partial charge in [-0.1, -0.05) is 0 Å². The molecular weight excluding hydrogens is 250 g/mol. The highest BCUT2D eigenvalue weighted by molar-refractivity contribution is 5.37. The highest BCUT2D eigenvalue weighted by Gasteiger charge is 2.11. The van der Waals surface area contributed by atoms with Crippen LogP contribution in [0.5, 0.6) is 6.01 Å². The van der Waals surface area contributed by atoms with Gasteiger partial charge in [0.05, 0.1) is 19.8 Å². The maximum atomic E-state index is 9.01. The van der Waals surface area contributed by atoms with E-state index in [1.54, 1.807) is 13.8 Å². The lowest BCUT2D eigenvalue weighted by Crippen LogP contribution is -2.24. The molecule has 8 heteroatoms. The van der Waals surface area contributed by atoms with Crippen molar-refractivity contribution in [1.29, 1.82) is 0 Å². The molecule has 1 aromatic rings. The minimum atomic E-state index is -0.181. The second kappa shape index (κ2) is 7.70. The van der Waals surface area contributed by atoms with Gasteiger partial charge in [-0.2, -0.15) is 15.0 Å². The van der Waals surface area contributed by atoms with E-state index in [2.05, 4.69) is 25.6 Å². The summed E-state index contributed by atoms with van der Waals surface area (Å²) in [6.07, 6.45) is 0. The second-order valence-corrected chi connectivity index (χ2v) is 4.15. The quantitative estimate of drug-likeness (QED) is 0.516. The van der Waals surface area contributed by atoms with E-state index in [-0.39, 0.29) is 31.3 Å². The fourth-order valence-electron chi connectivity index (χ4n) is 1.21. The standard InChI is InChI=1S/C11H21N5O3/c1-4-19-11-15-9(12-7(2)5-17)14-10(16-11)13-8(3)6-18/h7-8,17-18H,4-6H2,1-3H3,(H2,12,13,14,15,16). The van der Waals surface area contributed by atoms with Crippen LogP contribution < -0.4 is 15.4 Å². The first-order chi connectivity index (χ1) is 9.08. The van der Waals surface area contributed by atoms with Crippen molar-refractivity contribution in [2.24, 2.45) is 0 Å². The molecule has 1 aromatic heterocycles. The van der Waals surface area contributed by atoms with Gasteiger partial charge >= 0.3 is 6.01 Å². The molecule has 0 fully saturated rings. The van der Waals surface area contributed by atoms with Crippen molar-refractivity contribution in [2.75, 3.05) is 30.5 Å². The highest BCUT2D eigenvalue weighted by Crippen LogP contribution is 2.12. The number of hydrogen-bond donors (Lipinski definition) is 4. The molecule has 0 saturated heterocycles. The second-order valence-electron chi connectivity index (χ2n) is 4.15. The molecule has 0 saturated carbocycles. The lowest BCUT2D eigenvalue weighted by atomic mass is 10.4. The fraction of sp³-hybridized carbons (Fsp3) is 0.727. The van der Waals surface area contributed by atoms with E-state index in [1.165, 1.54) is 0 Å². The zero-order valence-electron chi connectivity index (χ0n) is 11.4. The van der Waals surface area contributed by atoms with E-state index in [1.807, 2.05) is 6.92 Å². The zero-order chi connectivity index (χ0) is 14.3. The van der Waals surface area contributed by atoms with E-state index in [9.17, 15) is 0 Å². The monoisotopic (exact) mass is 271 g/mol. The van der Waals surface area contributed by atoms with E-state index in [4.69, 9.17) is 14.9 Å². The van der Waals surface area contributed by atoms with Crippen LogP contribution >= 0.6 is 0 Å². The van der Waals surface area contributed by atoms with Crippen LogP contribution in [0.1, 0.15) is 20.8 Å². The zero-order valence-corrected chi connectivity index (χ0v) is 11.4. The average molecular weight is 271 g/mol. The lowest BCUT2D eigenvalue weighted by Gasteiger charge is -2.15. The summed E-state index contributed by atoms with van der Waals surface area (Å²) in [5.41, 5.74) is 0. The number of nitrogens with one attached hydrogen (secondary N) is 2. The van der Waals surface area contributed by atoms with Crippen LogP contribution in [0.15, 0.2) is 0 Å². The van der Waals surface area contributed by atoms with Crippen molar-refractivity contribution in [3.05, 3.63) is 0 Å². The minimum Gasteiger partial charge on any atom is -0.464 e. The van der Waals surface area contributed by atoms with Crippen molar-refractivity contribution in [2.45, 2.75) is 32.9 Å². The Morgan fingerprint density at radius 2 is 1.47 bits per heavy atom. The summed E-state index contributed by atoms with van der Waals surface area (Å²) in [4.78, 5) is 12.3. The number of hydrogen-bond acceptors (Lipinski definition) is 8. The molecule has 0 aromatic carbocycles. The molecule has 2 unspecified atom stereocenters. The first-order valence-corrected chi connectivity index (χ1v) is 6.22. The van der Waals surface area contributed by atoms with Gasteiger partial charge in [0.1, 0.15) is 0 Å². The third-order valence-electron chi connectivity index (χ3n) is 2.19. The molecule has 4 N–H and O–H groups in total. The highest BCUT2D eigenvalue weighted by atomic mass is 16.5. The van der Waals surface area contributed by atoms with E-state index in [0.29, 0.717) is 18.5 Å². The van der Waals surface area contributed by atoms with Crippen LogP contribution in [-0.2, 0) is 0 Å². The van der Waals surface area contributed by atoms with Gasteiger partial charge in [-0.3, -0.25) is 0 Å². The van der Waals surface area contributed by atoms with Gasteiger partial charge in [-0.25, -0.2) is 0 Å². The Bertz CT molecular complexity index is 360. The van der Waals surface area contributed by atoms with Crippen molar-refractivity contribution in [1.82, 2.24) is 15.0 Å². The molecule has 0 aliphatic carbocycles. The Labute approximate surface area is 112 Å². The average Bonchev–Trinajstić information content (AvgIpc) is 2.38. The Hall–Kier alpha value is -1.67. The predicted molar refractivity (Wildman–Crippen MR) is 71.3 cm³/mol. The fourth-order valence-corrected chi connectivity index (χ4v) is 1.21. The van der Waals surface area contributed by atoms with Crippen LogP contribution in [0, 0.1) is 0 Å². The largest absolute Gasteiger partial charge is 0.464 e. The van der Waals surface area contributed by atoms with Crippen molar-refractivity contribution in [3.63, 3.8) is 0 Å². The Morgan fingerprint density at radius 1 is 1.00 bits per heavy atom. The van der Waals surface area contributed by atoms with E-state index < -0.39 is 0 Å². The molecule has 0 aliphatic heterocycles.